The normalized spacial score (nSPS) is 17.5. The molecule has 1 aliphatic rings. The second kappa shape index (κ2) is 4.03. The van der Waals surface area contributed by atoms with Crippen LogP contribution in [0.2, 0.25) is 5.02 Å². The van der Waals surface area contributed by atoms with Crippen molar-refractivity contribution in [3.8, 4) is 5.75 Å². The van der Waals surface area contributed by atoms with Crippen molar-refractivity contribution < 1.29 is 4.74 Å². The van der Waals surface area contributed by atoms with Gasteiger partial charge >= 0.3 is 0 Å². The van der Waals surface area contributed by atoms with Crippen molar-refractivity contribution >= 4 is 11.6 Å². The third-order valence-electron chi connectivity index (χ3n) is 3.10. The zero-order valence-electron chi connectivity index (χ0n) is 9.14. The number of hydrogen-bond donors (Lipinski definition) is 1. The average Bonchev–Trinajstić information content (AvgIpc) is 2.99. The van der Waals surface area contributed by atoms with E-state index in [9.17, 15) is 0 Å². The molecule has 82 valence electrons. The van der Waals surface area contributed by atoms with E-state index >= 15 is 0 Å². The lowest BCUT2D eigenvalue weighted by Gasteiger charge is -2.18. The van der Waals surface area contributed by atoms with Crippen LogP contribution in [0.25, 0.3) is 0 Å². The summed E-state index contributed by atoms with van der Waals surface area (Å²) in [6, 6.07) is 5.86. The van der Waals surface area contributed by atoms with E-state index in [1.165, 1.54) is 18.4 Å². The Bertz CT molecular complexity index is 361. The number of likely N-dealkylation sites (N-methyl/N-ethyl adjacent to an activating group) is 1. The fourth-order valence-electron chi connectivity index (χ4n) is 2.13. The Labute approximate surface area is 95.6 Å². The number of ether oxygens (including phenoxy) is 1. The van der Waals surface area contributed by atoms with Gasteiger partial charge < -0.3 is 10.1 Å². The molecule has 1 N–H and O–H groups in total. The molecule has 2 nitrogen and oxygen atoms in total. The molecule has 0 saturated heterocycles. The molecule has 1 fully saturated rings. The summed E-state index contributed by atoms with van der Waals surface area (Å²) in [6.07, 6.45) is 2.43. The van der Waals surface area contributed by atoms with Crippen molar-refractivity contribution in [2.24, 2.45) is 0 Å². The molecular formula is C12H16ClNO. The van der Waals surface area contributed by atoms with Gasteiger partial charge in [0.05, 0.1) is 7.11 Å². The Morgan fingerprint density at radius 2 is 2.20 bits per heavy atom. The van der Waals surface area contributed by atoms with Gasteiger partial charge in [0.2, 0.25) is 0 Å². The number of rotatable bonds is 4. The highest BCUT2D eigenvalue weighted by Gasteiger charge is 2.45. The summed E-state index contributed by atoms with van der Waals surface area (Å²) in [5, 5.41) is 4.03. The van der Waals surface area contributed by atoms with Gasteiger partial charge in [-0.25, -0.2) is 0 Å². The summed E-state index contributed by atoms with van der Waals surface area (Å²) in [6.45, 7) is 0.990. The standard InChI is InChI=1S/C12H16ClNO/c1-14-8-12(5-6-12)10-7-9(13)3-4-11(10)15-2/h3-4,7,14H,5-6,8H2,1-2H3. The molecule has 0 bridgehead atoms. The maximum atomic E-state index is 6.03. The lowest BCUT2D eigenvalue weighted by atomic mass is 9.95. The van der Waals surface area contributed by atoms with E-state index in [0.717, 1.165) is 17.3 Å². The molecule has 0 unspecified atom stereocenters. The van der Waals surface area contributed by atoms with E-state index in [4.69, 9.17) is 16.3 Å². The van der Waals surface area contributed by atoms with E-state index in [-0.39, 0.29) is 5.41 Å². The fraction of sp³-hybridized carbons (Fsp3) is 0.500. The first-order valence-electron chi connectivity index (χ1n) is 5.20. The van der Waals surface area contributed by atoms with Crippen LogP contribution in [-0.2, 0) is 5.41 Å². The Balaban J connectivity index is 2.37. The molecule has 0 atom stereocenters. The minimum Gasteiger partial charge on any atom is -0.496 e. The molecule has 2 rings (SSSR count). The van der Waals surface area contributed by atoms with Gasteiger partial charge in [-0.05, 0) is 38.1 Å². The summed E-state index contributed by atoms with van der Waals surface area (Å²) >= 11 is 6.03. The second-order valence-electron chi connectivity index (χ2n) is 4.16. The molecule has 3 heteroatoms. The maximum absolute atomic E-state index is 6.03. The SMILES string of the molecule is CNCC1(c2cc(Cl)ccc2OC)CC1. The zero-order chi connectivity index (χ0) is 10.9. The molecule has 0 heterocycles. The summed E-state index contributed by atoms with van der Waals surface area (Å²) < 4.78 is 5.39. The van der Waals surface area contributed by atoms with Crippen molar-refractivity contribution in [3.63, 3.8) is 0 Å². The van der Waals surface area contributed by atoms with Crippen LogP contribution in [0, 0.1) is 0 Å². The Kier molecular flexibility index (Phi) is 2.89. The molecule has 1 saturated carbocycles. The number of halogens is 1. The molecule has 1 aromatic carbocycles. The van der Waals surface area contributed by atoms with Crippen molar-refractivity contribution in [1.29, 1.82) is 0 Å². The van der Waals surface area contributed by atoms with E-state index in [2.05, 4.69) is 5.32 Å². The van der Waals surface area contributed by atoms with E-state index in [1.54, 1.807) is 7.11 Å². The molecule has 0 spiro atoms. The van der Waals surface area contributed by atoms with Crippen LogP contribution in [0.4, 0.5) is 0 Å². The summed E-state index contributed by atoms with van der Waals surface area (Å²) in [5.41, 5.74) is 1.50. The first-order valence-corrected chi connectivity index (χ1v) is 5.58. The summed E-state index contributed by atoms with van der Waals surface area (Å²) in [4.78, 5) is 0. The highest BCUT2D eigenvalue weighted by molar-refractivity contribution is 6.30. The van der Waals surface area contributed by atoms with Crippen LogP contribution in [0.15, 0.2) is 18.2 Å². The van der Waals surface area contributed by atoms with E-state index in [1.807, 2.05) is 25.2 Å². The van der Waals surface area contributed by atoms with Crippen LogP contribution >= 0.6 is 11.6 Å². The highest BCUT2D eigenvalue weighted by Crippen LogP contribution is 2.51. The highest BCUT2D eigenvalue weighted by atomic mass is 35.5. The average molecular weight is 226 g/mol. The van der Waals surface area contributed by atoms with Crippen LogP contribution in [0.5, 0.6) is 5.75 Å². The number of benzene rings is 1. The number of methoxy groups -OCH3 is 1. The maximum Gasteiger partial charge on any atom is 0.122 e. The van der Waals surface area contributed by atoms with Crippen LogP contribution in [0.3, 0.4) is 0 Å². The lowest BCUT2D eigenvalue weighted by molar-refractivity contribution is 0.402. The summed E-state index contributed by atoms with van der Waals surface area (Å²) in [7, 11) is 3.69. The molecule has 1 aliphatic carbocycles. The Morgan fingerprint density at radius 3 is 2.73 bits per heavy atom. The van der Waals surface area contributed by atoms with Crippen molar-refractivity contribution in [1.82, 2.24) is 5.32 Å². The Morgan fingerprint density at radius 1 is 1.47 bits per heavy atom. The third kappa shape index (κ3) is 1.97. The zero-order valence-corrected chi connectivity index (χ0v) is 9.90. The van der Waals surface area contributed by atoms with Crippen molar-refractivity contribution in [3.05, 3.63) is 28.8 Å². The van der Waals surface area contributed by atoms with Crippen LogP contribution in [0.1, 0.15) is 18.4 Å². The monoisotopic (exact) mass is 225 g/mol. The van der Waals surface area contributed by atoms with Gasteiger partial charge in [0.25, 0.3) is 0 Å². The predicted octanol–water partition coefficient (Wildman–Crippen LogP) is 2.60. The fourth-order valence-corrected chi connectivity index (χ4v) is 2.30. The lowest BCUT2D eigenvalue weighted by Crippen LogP contribution is -2.24. The van der Waals surface area contributed by atoms with E-state index < -0.39 is 0 Å². The van der Waals surface area contributed by atoms with Gasteiger partial charge in [-0.15, -0.1) is 0 Å². The van der Waals surface area contributed by atoms with Crippen LogP contribution < -0.4 is 10.1 Å². The van der Waals surface area contributed by atoms with Gasteiger partial charge in [0, 0.05) is 22.5 Å². The first kappa shape index (κ1) is 10.8. The minimum atomic E-state index is 0.255. The molecule has 1 aromatic rings. The van der Waals surface area contributed by atoms with Crippen molar-refractivity contribution in [2.75, 3.05) is 20.7 Å². The molecule has 0 aromatic heterocycles. The molecule has 0 amide bonds. The minimum absolute atomic E-state index is 0.255. The van der Waals surface area contributed by atoms with Gasteiger partial charge in [-0.3, -0.25) is 0 Å². The quantitative estimate of drug-likeness (QED) is 0.851. The number of hydrogen-bond acceptors (Lipinski definition) is 2. The molecule has 0 aliphatic heterocycles. The second-order valence-corrected chi connectivity index (χ2v) is 4.59. The van der Waals surface area contributed by atoms with Gasteiger partial charge in [-0.1, -0.05) is 11.6 Å². The Hall–Kier alpha value is -0.730. The largest absolute Gasteiger partial charge is 0.496 e. The third-order valence-corrected chi connectivity index (χ3v) is 3.34. The molecule has 0 radical (unpaired) electrons. The molecular weight excluding hydrogens is 210 g/mol. The van der Waals surface area contributed by atoms with Crippen molar-refractivity contribution in [2.45, 2.75) is 18.3 Å². The van der Waals surface area contributed by atoms with E-state index in [0.29, 0.717) is 0 Å². The van der Waals surface area contributed by atoms with Gasteiger partial charge in [-0.2, -0.15) is 0 Å². The van der Waals surface area contributed by atoms with Gasteiger partial charge in [0.15, 0.2) is 0 Å². The summed E-state index contributed by atoms with van der Waals surface area (Å²) in [5.74, 6) is 0.951. The van der Waals surface area contributed by atoms with Crippen LogP contribution in [-0.4, -0.2) is 20.7 Å². The predicted molar refractivity (Wildman–Crippen MR) is 62.8 cm³/mol. The first-order chi connectivity index (χ1) is 7.22. The molecule has 15 heavy (non-hydrogen) atoms. The smallest absolute Gasteiger partial charge is 0.122 e. The van der Waals surface area contributed by atoms with Gasteiger partial charge in [0.1, 0.15) is 5.75 Å². The number of nitrogens with one attached hydrogen (secondary N) is 1. The topological polar surface area (TPSA) is 21.3 Å².